The number of likely N-dealkylation sites (tertiary alicyclic amines) is 1. The van der Waals surface area contributed by atoms with E-state index >= 15 is 0 Å². The van der Waals surface area contributed by atoms with Crippen LogP contribution >= 0.6 is 0 Å². The van der Waals surface area contributed by atoms with Crippen LogP contribution in [-0.4, -0.2) is 31.1 Å². The summed E-state index contributed by atoms with van der Waals surface area (Å²) in [5.74, 6) is 1.74. The highest BCUT2D eigenvalue weighted by Crippen LogP contribution is 2.20. The maximum atomic E-state index is 5.42. The molecule has 1 aromatic rings. The monoisotopic (exact) mass is 222 g/mol. The van der Waals surface area contributed by atoms with E-state index < -0.39 is 0 Å². The third kappa shape index (κ3) is 2.66. The van der Waals surface area contributed by atoms with Crippen molar-refractivity contribution < 1.29 is 4.42 Å². The zero-order chi connectivity index (χ0) is 11.5. The van der Waals surface area contributed by atoms with Crippen molar-refractivity contribution in [2.24, 2.45) is 5.92 Å². The van der Waals surface area contributed by atoms with Gasteiger partial charge in [-0.3, -0.25) is 0 Å². The Morgan fingerprint density at radius 1 is 1.56 bits per heavy atom. The molecule has 3 unspecified atom stereocenters. The van der Waals surface area contributed by atoms with E-state index in [2.05, 4.69) is 31.1 Å². The van der Waals surface area contributed by atoms with E-state index in [0.29, 0.717) is 18.0 Å². The second-order valence-corrected chi connectivity index (χ2v) is 5.04. The van der Waals surface area contributed by atoms with Gasteiger partial charge in [-0.15, -0.1) is 0 Å². The number of piperidine rings is 1. The van der Waals surface area contributed by atoms with Gasteiger partial charge in [-0.2, -0.15) is 0 Å². The molecule has 1 aliphatic rings. The Morgan fingerprint density at radius 3 is 3.00 bits per heavy atom. The lowest BCUT2D eigenvalue weighted by Gasteiger charge is -2.36. The van der Waals surface area contributed by atoms with E-state index in [0.717, 1.165) is 5.76 Å². The van der Waals surface area contributed by atoms with Gasteiger partial charge in [-0.25, -0.2) is 0 Å². The first-order valence-corrected chi connectivity index (χ1v) is 6.15. The molecule has 0 aromatic carbocycles. The molecule has 0 spiro atoms. The fourth-order valence-corrected chi connectivity index (χ4v) is 2.54. The highest BCUT2D eigenvalue weighted by Gasteiger charge is 2.25. The number of hydrogen-bond acceptors (Lipinski definition) is 3. The van der Waals surface area contributed by atoms with Gasteiger partial charge in [0.15, 0.2) is 0 Å². The molecule has 90 valence electrons. The third-order valence-electron chi connectivity index (χ3n) is 3.54. The zero-order valence-electron chi connectivity index (χ0n) is 10.4. The van der Waals surface area contributed by atoms with Gasteiger partial charge in [0.25, 0.3) is 0 Å². The molecule has 0 bridgehead atoms. The van der Waals surface area contributed by atoms with Gasteiger partial charge in [0, 0.05) is 12.6 Å². The molecule has 0 saturated carbocycles. The van der Waals surface area contributed by atoms with Crippen LogP contribution in [0.3, 0.4) is 0 Å². The lowest BCUT2D eigenvalue weighted by molar-refractivity contribution is 0.165. The Labute approximate surface area is 97.8 Å². The van der Waals surface area contributed by atoms with Gasteiger partial charge in [0.1, 0.15) is 5.76 Å². The molecule has 2 rings (SSSR count). The summed E-state index contributed by atoms with van der Waals surface area (Å²) in [6.45, 7) is 6.86. The van der Waals surface area contributed by atoms with Crippen molar-refractivity contribution in [3.8, 4) is 0 Å². The largest absolute Gasteiger partial charge is 0.468 e. The van der Waals surface area contributed by atoms with Gasteiger partial charge < -0.3 is 14.6 Å². The van der Waals surface area contributed by atoms with Gasteiger partial charge in [0.05, 0.1) is 12.3 Å². The minimum absolute atomic E-state index is 0.311. The van der Waals surface area contributed by atoms with E-state index in [1.54, 1.807) is 6.26 Å². The quantitative estimate of drug-likeness (QED) is 0.850. The average molecular weight is 222 g/mol. The second kappa shape index (κ2) is 5.02. The maximum absolute atomic E-state index is 5.42. The van der Waals surface area contributed by atoms with E-state index in [1.165, 1.54) is 19.5 Å². The standard InChI is InChI=1S/C13H22N2O/c1-10-9-15(3)7-6-12(10)14-11(2)13-5-4-8-16-13/h4-5,8,10-12,14H,6-7,9H2,1-3H3. The topological polar surface area (TPSA) is 28.4 Å². The minimum atomic E-state index is 0.311. The maximum Gasteiger partial charge on any atom is 0.120 e. The number of nitrogens with one attached hydrogen (secondary N) is 1. The van der Waals surface area contributed by atoms with Gasteiger partial charge in [-0.1, -0.05) is 6.92 Å². The van der Waals surface area contributed by atoms with Crippen molar-refractivity contribution in [3.05, 3.63) is 24.2 Å². The molecule has 1 aromatic heterocycles. The fourth-order valence-electron chi connectivity index (χ4n) is 2.54. The van der Waals surface area contributed by atoms with Gasteiger partial charge >= 0.3 is 0 Å². The Hall–Kier alpha value is -0.800. The summed E-state index contributed by atoms with van der Waals surface area (Å²) in [7, 11) is 2.20. The molecule has 3 heteroatoms. The Morgan fingerprint density at radius 2 is 2.38 bits per heavy atom. The summed E-state index contributed by atoms with van der Waals surface area (Å²) in [4.78, 5) is 2.40. The number of hydrogen-bond donors (Lipinski definition) is 1. The second-order valence-electron chi connectivity index (χ2n) is 5.04. The van der Waals surface area contributed by atoms with Crippen LogP contribution in [0.15, 0.2) is 22.8 Å². The smallest absolute Gasteiger partial charge is 0.120 e. The van der Waals surface area contributed by atoms with Crippen LogP contribution in [-0.2, 0) is 0 Å². The first-order valence-electron chi connectivity index (χ1n) is 6.15. The van der Waals surface area contributed by atoms with Crippen molar-refractivity contribution in [2.45, 2.75) is 32.4 Å². The predicted molar refractivity (Wildman–Crippen MR) is 65.3 cm³/mol. The predicted octanol–water partition coefficient (Wildman–Crippen LogP) is 2.27. The molecule has 0 amide bonds. The van der Waals surface area contributed by atoms with Crippen molar-refractivity contribution >= 4 is 0 Å². The fraction of sp³-hybridized carbons (Fsp3) is 0.692. The summed E-state index contributed by atoms with van der Waals surface area (Å²) in [5.41, 5.74) is 0. The van der Waals surface area contributed by atoms with Crippen molar-refractivity contribution in [2.75, 3.05) is 20.1 Å². The van der Waals surface area contributed by atoms with Gasteiger partial charge in [0.2, 0.25) is 0 Å². The van der Waals surface area contributed by atoms with Crippen LogP contribution in [0.1, 0.15) is 32.1 Å². The average Bonchev–Trinajstić information content (AvgIpc) is 2.75. The van der Waals surface area contributed by atoms with Crippen LogP contribution in [0.2, 0.25) is 0 Å². The first kappa shape index (κ1) is 11.7. The molecular weight excluding hydrogens is 200 g/mol. The van der Waals surface area contributed by atoms with Gasteiger partial charge in [-0.05, 0) is 45.0 Å². The lowest BCUT2D eigenvalue weighted by atomic mass is 9.93. The highest BCUT2D eigenvalue weighted by atomic mass is 16.3. The number of furan rings is 1. The number of nitrogens with zero attached hydrogens (tertiary/aromatic N) is 1. The summed E-state index contributed by atoms with van der Waals surface area (Å²) < 4.78 is 5.42. The van der Waals surface area contributed by atoms with Crippen molar-refractivity contribution in [1.29, 1.82) is 0 Å². The van der Waals surface area contributed by atoms with Crippen LogP contribution < -0.4 is 5.32 Å². The number of rotatable bonds is 3. The molecular formula is C13H22N2O. The van der Waals surface area contributed by atoms with E-state index in [9.17, 15) is 0 Å². The molecule has 3 atom stereocenters. The summed E-state index contributed by atoms with van der Waals surface area (Å²) in [6.07, 6.45) is 2.97. The minimum Gasteiger partial charge on any atom is -0.468 e. The Bertz CT molecular complexity index is 310. The van der Waals surface area contributed by atoms with Crippen LogP contribution in [0.5, 0.6) is 0 Å². The molecule has 16 heavy (non-hydrogen) atoms. The van der Waals surface area contributed by atoms with Crippen molar-refractivity contribution in [3.63, 3.8) is 0 Å². The highest BCUT2D eigenvalue weighted by molar-refractivity contribution is 5.03. The van der Waals surface area contributed by atoms with Crippen LogP contribution in [0.25, 0.3) is 0 Å². The van der Waals surface area contributed by atoms with Crippen molar-refractivity contribution in [1.82, 2.24) is 10.2 Å². The molecule has 1 N–H and O–H groups in total. The molecule has 1 fully saturated rings. The third-order valence-corrected chi connectivity index (χ3v) is 3.54. The summed E-state index contributed by atoms with van der Waals surface area (Å²) >= 11 is 0. The molecule has 2 heterocycles. The summed E-state index contributed by atoms with van der Waals surface area (Å²) in [6, 6.07) is 4.91. The van der Waals surface area contributed by atoms with Crippen LogP contribution in [0, 0.1) is 5.92 Å². The molecule has 1 saturated heterocycles. The first-order chi connectivity index (χ1) is 7.66. The molecule has 1 aliphatic heterocycles. The van der Waals surface area contributed by atoms with E-state index in [1.807, 2.05) is 12.1 Å². The zero-order valence-corrected chi connectivity index (χ0v) is 10.4. The Kier molecular flexibility index (Phi) is 3.66. The lowest BCUT2D eigenvalue weighted by Crippen LogP contribution is -2.47. The molecule has 0 aliphatic carbocycles. The van der Waals surface area contributed by atoms with E-state index in [-0.39, 0.29) is 0 Å². The SMILES string of the molecule is CC(NC1CCN(C)CC1C)c1ccco1. The van der Waals surface area contributed by atoms with Crippen LogP contribution in [0.4, 0.5) is 0 Å². The Balaban J connectivity index is 1.89. The van der Waals surface area contributed by atoms with E-state index in [4.69, 9.17) is 4.42 Å². The molecule has 3 nitrogen and oxygen atoms in total. The normalized spacial score (nSPS) is 29.2. The summed E-state index contributed by atoms with van der Waals surface area (Å²) in [5, 5.41) is 3.67. The molecule has 0 radical (unpaired) electrons.